The van der Waals surface area contributed by atoms with Gasteiger partial charge in [-0.15, -0.1) is 0 Å². The molecule has 2 aromatic heterocycles. The van der Waals surface area contributed by atoms with Gasteiger partial charge in [-0.3, -0.25) is 9.78 Å². The Labute approximate surface area is 183 Å². The first-order valence-electron chi connectivity index (χ1n) is 9.14. The highest BCUT2D eigenvalue weighted by molar-refractivity contribution is 7.88. The predicted octanol–water partition coefficient (Wildman–Crippen LogP) is 4.89. The van der Waals surface area contributed by atoms with Crippen LogP contribution in [0, 0.1) is 25.5 Å². The van der Waals surface area contributed by atoms with Crippen molar-refractivity contribution in [2.24, 2.45) is 0 Å². The molecule has 0 aliphatic carbocycles. The van der Waals surface area contributed by atoms with Crippen LogP contribution in [0.4, 0.5) is 22.0 Å². The van der Waals surface area contributed by atoms with E-state index in [1.54, 1.807) is 13.0 Å². The number of aryl methyl sites for hydroxylation is 2. The number of aromatic amines is 1. The lowest BCUT2D eigenvalue weighted by Gasteiger charge is -2.12. The van der Waals surface area contributed by atoms with E-state index in [2.05, 4.69) is 14.2 Å². The summed E-state index contributed by atoms with van der Waals surface area (Å²) in [5, 5.41) is 0.231. The molecule has 0 aliphatic rings. The Morgan fingerprint density at radius 3 is 2.15 bits per heavy atom. The van der Waals surface area contributed by atoms with E-state index >= 15 is 0 Å². The third kappa shape index (κ3) is 5.45. The summed E-state index contributed by atoms with van der Waals surface area (Å²) in [7, 11) is -5.82. The van der Waals surface area contributed by atoms with Gasteiger partial charge in [-0.2, -0.15) is 21.6 Å². The molecule has 0 saturated carbocycles. The van der Waals surface area contributed by atoms with Crippen LogP contribution in [0.3, 0.4) is 0 Å². The van der Waals surface area contributed by atoms with Crippen molar-refractivity contribution in [2.45, 2.75) is 19.4 Å². The summed E-state index contributed by atoms with van der Waals surface area (Å²) in [4.78, 5) is 18.3. The van der Waals surface area contributed by atoms with Gasteiger partial charge in [0.1, 0.15) is 11.6 Å². The van der Waals surface area contributed by atoms with Crippen molar-refractivity contribution >= 4 is 31.9 Å². The number of hydrogen-bond acceptors (Lipinski definition) is 5. The Balaban J connectivity index is 0.000000203. The largest absolute Gasteiger partial charge is 0.534 e. The minimum Gasteiger partial charge on any atom is -0.375 e. The maximum absolute atomic E-state index is 13.1. The van der Waals surface area contributed by atoms with Crippen LogP contribution in [0.5, 0.6) is 5.75 Å². The highest BCUT2D eigenvalue weighted by Crippen LogP contribution is 2.32. The number of nitrogens with zero attached hydrogens (tertiary/aromatic N) is 1. The van der Waals surface area contributed by atoms with Crippen LogP contribution in [0.15, 0.2) is 53.3 Å². The molecular weight excluding hydrogens is 471 g/mol. The van der Waals surface area contributed by atoms with E-state index in [9.17, 15) is 35.2 Å². The van der Waals surface area contributed by atoms with Crippen LogP contribution < -0.4 is 9.61 Å². The van der Waals surface area contributed by atoms with Crippen molar-refractivity contribution < 1.29 is 34.6 Å². The molecule has 4 aromatic rings. The van der Waals surface area contributed by atoms with Crippen molar-refractivity contribution in [3.63, 3.8) is 0 Å². The number of benzene rings is 2. The first kappa shape index (κ1) is 24.1. The molecule has 12 heteroatoms. The molecule has 0 saturated heterocycles. The minimum atomic E-state index is -5.82. The maximum Gasteiger partial charge on any atom is 0.534 e. The average Bonchev–Trinajstić information content (AvgIpc) is 2.68. The molecule has 174 valence electrons. The van der Waals surface area contributed by atoms with E-state index in [1.807, 2.05) is 0 Å². The number of nitrogens with one attached hydrogen (secondary N) is 1. The van der Waals surface area contributed by atoms with E-state index in [0.29, 0.717) is 10.9 Å². The van der Waals surface area contributed by atoms with Crippen LogP contribution in [0.2, 0.25) is 0 Å². The molecule has 33 heavy (non-hydrogen) atoms. The second-order valence-corrected chi connectivity index (χ2v) is 8.45. The number of halogens is 5. The molecule has 4 rings (SSSR count). The minimum absolute atomic E-state index is 0.124. The van der Waals surface area contributed by atoms with Gasteiger partial charge in [-0.1, -0.05) is 0 Å². The topological polar surface area (TPSA) is 89.1 Å². The molecule has 1 N–H and O–H groups in total. The van der Waals surface area contributed by atoms with Gasteiger partial charge < -0.3 is 9.17 Å². The Kier molecular flexibility index (Phi) is 6.41. The first-order valence-corrected chi connectivity index (χ1v) is 10.5. The first-order chi connectivity index (χ1) is 15.3. The molecule has 2 aromatic carbocycles. The number of fused-ring (bicyclic) bond motifs is 2. The second kappa shape index (κ2) is 8.77. The smallest absolute Gasteiger partial charge is 0.375 e. The number of hydrogen-bond donors (Lipinski definition) is 1. The van der Waals surface area contributed by atoms with E-state index in [0.717, 1.165) is 23.9 Å². The highest BCUT2D eigenvalue weighted by Gasteiger charge is 2.48. The Morgan fingerprint density at radius 2 is 1.52 bits per heavy atom. The summed E-state index contributed by atoms with van der Waals surface area (Å²) in [5.41, 5.74) is -3.90. The fourth-order valence-corrected chi connectivity index (χ4v) is 3.35. The molecule has 0 amide bonds. The zero-order valence-electron chi connectivity index (χ0n) is 17.0. The zero-order chi connectivity index (χ0) is 24.6. The molecule has 0 spiro atoms. The van der Waals surface area contributed by atoms with E-state index < -0.39 is 27.2 Å². The summed E-state index contributed by atoms with van der Waals surface area (Å²) >= 11 is 0. The Morgan fingerprint density at radius 1 is 0.909 bits per heavy atom. The standard InChI is InChI=1S/C11H7F4NO3S.C10H8FNO/c1-6-4-10(19-20(17,18)11(13,14)15)8-5-7(12)2-3-9(8)16-6;1-6-4-10(13)8-5-7(11)2-3-9(8)12-6/h2-5H,1H3;2-5H,1H3,(H,12,13). The fourth-order valence-electron chi connectivity index (χ4n) is 2.88. The molecule has 0 unspecified atom stereocenters. The molecule has 0 aliphatic heterocycles. The van der Waals surface area contributed by atoms with Crippen LogP contribution >= 0.6 is 0 Å². The van der Waals surface area contributed by atoms with Gasteiger partial charge in [0.15, 0.2) is 11.2 Å². The molecule has 0 atom stereocenters. The van der Waals surface area contributed by atoms with Crippen molar-refractivity contribution in [1.29, 1.82) is 0 Å². The maximum atomic E-state index is 13.1. The molecule has 6 nitrogen and oxygen atoms in total. The summed E-state index contributed by atoms with van der Waals surface area (Å²) in [6, 6.07) is 9.71. The molecule has 2 heterocycles. The SMILES string of the molecule is Cc1cc(=O)c2cc(F)ccc2[nH]1.Cc1cc(OS(=O)(=O)C(F)(F)F)c2cc(F)ccc2n1. The van der Waals surface area contributed by atoms with Crippen LogP contribution in [-0.4, -0.2) is 23.9 Å². The molecular formula is C21H15F5N2O4S. The van der Waals surface area contributed by atoms with E-state index in [-0.39, 0.29) is 27.8 Å². The van der Waals surface area contributed by atoms with Crippen molar-refractivity contribution in [3.05, 3.63) is 81.8 Å². The molecule has 0 bridgehead atoms. The number of aromatic nitrogens is 2. The van der Waals surface area contributed by atoms with Crippen molar-refractivity contribution in [2.75, 3.05) is 0 Å². The quantitative estimate of drug-likeness (QED) is 0.248. The van der Waals surface area contributed by atoms with Gasteiger partial charge in [-0.05, 0) is 50.2 Å². The molecule has 0 fully saturated rings. The van der Waals surface area contributed by atoms with Crippen LogP contribution in [0.1, 0.15) is 11.4 Å². The zero-order valence-corrected chi connectivity index (χ0v) is 17.8. The van der Waals surface area contributed by atoms with Gasteiger partial charge in [0, 0.05) is 39.8 Å². The number of alkyl halides is 3. The predicted molar refractivity (Wildman–Crippen MR) is 111 cm³/mol. The van der Waals surface area contributed by atoms with E-state index in [1.165, 1.54) is 31.2 Å². The van der Waals surface area contributed by atoms with Gasteiger partial charge in [0.2, 0.25) is 0 Å². The van der Waals surface area contributed by atoms with Gasteiger partial charge in [0.25, 0.3) is 0 Å². The summed E-state index contributed by atoms with van der Waals surface area (Å²) in [6.07, 6.45) is 0. The average molecular weight is 486 g/mol. The number of H-pyrrole nitrogens is 1. The van der Waals surface area contributed by atoms with Gasteiger partial charge in [0.05, 0.1) is 5.52 Å². The summed E-state index contributed by atoms with van der Waals surface area (Å²) in [6.45, 7) is 3.24. The third-order valence-corrected chi connectivity index (χ3v) is 5.24. The number of rotatable bonds is 2. The summed E-state index contributed by atoms with van der Waals surface area (Å²) < 4.78 is 88.8. The van der Waals surface area contributed by atoms with Crippen molar-refractivity contribution in [3.8, 4) is 5.75 Å². The normalized spacial score (nSPS) is 11.8. The third-order valence-electron chi connectivity index (χ3n) is 4.27. The lowest BCUT2D eigenvalue weighted by Crippen LogP contribution is -2.28. The lowest BCUT2D eigenvalue weighted by atomic mass is 10.2. The Bertz CT molecular complexity index is 1520. The van der Waals surface area contributed by atoms with Crippen LogP contribution in [0.25, 0.3) is 21.8 Å². The van der Waals surface area contributed by atoms with E-state index in [4.69, 9.17) is 0 Å². The second-order valence-electron chi connectivity index (χ2n) is 6.91. The number of pyridine rings is 2. The lowest BCUT2D eigenvalue weighted by molar-refractivity contribution is -0.0499. The highest BCUT2D eigenvalue weighted by atomic mass is 32.2. The monoisotopic (exact) mass is 486 g/mol. The van der Waals surface area contributed by atoms with Gasteiger partial charge >= 0.3 is 15.6 Å². The fraction of sp³-hybridized carbons (Fsp3) is 0.143. The Hall–Kier alpha value is -3.54. The molecule has 0 radical (unpaired) electrons. The van der Waals surface area contributed by atoms with Crippen LogP contribution in [-0.2, 0) is 10.1 Å². The summed E-state index contributed by atoms with van der Waals surface area (Å²) in [5.74, 6) is -1.76. The van der Waals surface area contributed by atoms with Gasteiger partial charge in [-0.25, -0.2) is 8.78 Å². The van der Waals surface area contributed by atoms with Crippen molar-refractivity contribution in [1.82, 2.24) is 9.97 Å².